The third kappa shape index (κ3) is 4.94. The van der Waals surface area contributed by atoms with E-state index in [0.29, 0.717) is 5.69 Å². The van der Waals surface area contributed by atoms with Crippen LogP contribution in [0.15, 0.2) is 18.2 Å². The standard InChI is InChI=1S/C17H23FN6O3/c1-8(19)9(2)21-17-12(18)7-11(15(20)25)16(24-17)22-10-5-13(26-3)23-14(6-10)27-4/h5-9H,19H2,1-4H3,(H2,20,25)(H2,21,22,23,24)/t8-,9+/m1/s1. The zero-order valence-electron chi connectivity index (χ0n) is 15.5. The van der Waals surface area contributed by atoms with Crippen LogP contribution in [-0.4, -0.2) is 42.2 Å². The van der Waals surface area contributed by atoms with Crippen LogP contribution in [0.3, 0.4) is 0 Å². The summed E-state index contributed by atoms with van der Waals surface area (Å²) in [5, 5.41) is 5.81. The summed E-state index contributed by atoms with van der Waals surface area (Å²) < 4.78 is 24.5. The van der Waals surface area contributed by atoms with Crippen molar-refractivity contribution in [1.29, 1.82) is 0 Å². The van der Waals surface area contributed by atoms with Crippen LogP contribution in [0, 0.1) is 5.82 Å². The van der Waals surface area contributed by atoms with Crippen LogP contribution in [0.1, 0.15) is 24.2 Å². The van der Waals surface area contributed by atoms with Crippen molar-refractivity contribution in [1.82, 2.24) is 9.97 Å². The number of anilines is 3. The predicted molar refractivity (Wildman–Crippen MR) is 100 cm³/mol. The minimum absolute atomic E-state index is 0.0553. The van der Waals surface area contributed by atoms with E-state index in [9.17, 15) is 9.18 Å². The number of primary amides is 1. The van der Waals surface area contributed by atoms with Gasteiger partial charge in [-0.1, -0.05) is 0 Å². The molecule has 2 aromatic heterocycles. The second kappa shape index (κ2) is 8.49. The maximum Gasteiger partial charge on any atom is 0.252 e. The second-order valence-electron chi connectivity index (χ2n) is 5.94. The highest BCUT2D eigenvalue weighted by Gasteiger charge is 2.19. The highest BCUT2D eigenvalue weighted by Crippen LogP contribution is 2.27. The monoisotopic (exact) mass is 378 g/mol. The fraction of sp³-hybridized carbons (Fsp3) is 0.353. The van der Waals surface area contributed by atoms with Crippen molar-refractivity contribution in [2.24, 2.45) is 11.5 Å². The van der Waals surface area contributed by atoms with Crippen molar-refractivity contribution in [3.05, 3.63) is 29.6 Å². The molecule has 2 aromatic rings. The summed E-state index contributed by atoms with van der Waals surface area (Å²) in [4.78, 5) is 20.0. The average Bonchev–Trinajstić information content (AvgIpc) is 2.63. The van der Waals surface area contributed by atoms with Gasteiger partial charge in [0.15, 0.2) is 11.6 Å². The van der Waals surface area contributed by atoms with Gasteiger partial charge in [0.25, 0.3) is 5.91 Å². The van der Waals surface area contributed by atoms with E-state index in [1.165, 1.54) is 14.2 Å². The largest absolute Gasteiger partial charge is 0.481 e. The summed E-state index contributed by atoms with van der Waals surface area (Å²) in [7, 11) is 2.90. The van der Waals surface area contributed by atoms with Gasteiger partial charge in [0, 0.05) is 24.2 Å². The molecule has 0 saturated carbocycles. The number of methoxy groups -OCH3 is 2. The summed E-state index contributed by atoms with van der Waals surface area (Å²) in [6.07, 6.45) is 0. The molecule has 0 aromatic carbocycles. The van der Waals surface area contributed by atoms with Crippen LogP contribution in [0.4, 0.5) is 21.7 Å². The van der Waals surface area contributed by atoms with E-state index in [-0.39, 0.29) is 41.0 Å². The zero-order chi connectivity index (χ0) is 20.1. The smallest absolute Gasteiger partial charge is 0.252 e. The Bertz CT molecular complexity index is 808. The summed E-state index contributed by atoms with van der Waals surface area (Å²) >= 11 is 0. The molecule has 2 rings (SSSR count). The van der Waals surface area contributed by atoms with E-state index in [2.05, 4.69) is 20.6 Å². The number of pyridine rings is 2. The van der Waals surface area contributed by atoms with Gasteiger partial charge in [0.2, 0.25) is 11.8 Å². The molecule has 9 nitrogen and oxygen atoms in total. The number of nitrogens with two attached hydrogens (primary N) is 2. The zero-order valence-corrected chi connectivity index (χ0v) is 15.5. The number of amides is 1. The van der Waals surface area contributed by atoms with E-state index in [1.807, 2.05) is 0 Å². The van der Waals surface area contributed by atoms with Crippen molar-refractivity contribution in [2.45, 2.75) is 25.9 Å². The number of hydrogen-bond donors (Lipinski definition) is 4. The van der Waals surface area contributed by atoms with Crippen LogP contribution < -0.4 is 31.6 Å². The van der Waals surface area contributed by atoms with Gasteiger partial charge < -0.3 is 31.6 Å². The molecule has 0 saturated heterocycles. The summed E-state index contributed by atoms with van der Waals surface area (Å²) in [5.41, 5.74) is 11.5. The Morgan fingerprint density at radius 2 is 1.70 bits per heavy atom. The van der Waals surface area contributed by atoms with Gasteiger partial charge in [-0.05, 0) is 19.9 Å². The number of nitrogens with one attached hydrogen (secondary N) is 2. The van der Waals surface area contributed by atoms with Gasteiger partial charge in [-0.15, -0.1) is 0 Å². The Morgan fingerprint density at radius 1 is 1.11 bits per heavy atom. The first-order valence-electron chi connectivity index (χ1n) is 8.14. The summed E-state index contributed by atoms with van der Waals surface area (Å²) in [5.74, 6) is -0.971. The first kappa shape index (κ1) is 20.2. The van der Waals surface area contributed by atoms with E-state index in [0.717, 1.165) is 6.07 Å². The quantitative estimate of drug-likeness (QED) is 0.544. The summed E-state index contributed by atoms with van der Waals surface area (Å²) in [6, 6.07) is 3.66. The number of hydrogen-bond acceptors (Lipinski definition) is 8. The van der Waals surface area contributed by atoms with Crippen molar-refractivity contribution < 1.29 is 18.7 Å². The lowest BCUT2D eigenvalue weighted by Gasteiger charge is -2.20. The number of nitrogens with zero attached hydrogens (tertiary/aromatic N) is 2. The molecule has 0 radical (unpaired) electrons. The molecule has 2 heterocycles. The molecule has 27 heavy (non-hydrogen) atoms. The normalized spacial score (nSPS) is 12.8. The fourth-order valence-electron chi connectivity index (χ4n) is 2.12. The van der Waals surface area contributed by atoms with Gasteiger partial charge >= 0.3 is 0 Å². The highest BCUT2D eigenvalue weighted by molar-refractivity contribution is 5.98. The van der Waals surface area contributed by atoms with Crippen LogP contribution in [0.5, 0.6) is 11.8 Å². The van der Waals surface area contributed by atoms with Crippen molar-refractivity contribution >= 4 is 23.2 Å². The van der Waals surface area contributed by atoms with Crippen LogP contribution >= 0.6 is 0 Å². The molecule has 6 N–H and O–H groups in total. The minimum Gasteiger partial charge on any atom is -0.481 e. The van der Waals surface area contributed by atoms with Crippen LogP contribution in [-0.2, 0) is 0 Å². The lowest BCUT2D eigenvalue weighted by molar-refractivity contribution is 0.100. The van der Waals surface area contributed by atoms with Gasteiger partial charge in [0.1, 0.15) is 5.82 Å². The molecule has 0 aliphatic rings. The number of halogens is 1. The fourth-order valence-corrected chi connectivity index (χ4v) is 2.12. The Kier molecular flexibility index (Phi) is 6.35. The van der Waals surface area contributed by atoms with Crippen LogP contribution in [0.25, 0.3) is 0 Å². The number of carbonyl (C=O) groups excluding carboxylic acids is 1. The Hall–Kier alpha value is -3.14. The molecule has 146 valence electrons. The van der Waals surface area contributed by atoms with E-state index in [1.54, 1.807) is 26.0 Å². The number of rotatable bonds is 8. The van der Waals surface area contributed by atoms with Gasteiger partial charge in [0.05, 0.1) is 25.5 Å². The summed E-state index contributed by atoms with van der Waals surface area (Å²) in [6.45, 7) is 3.57. The Labute approximate surface area is 156 Å². The van der Waals surface area contributed by atoms with E-state index in [4.69, 9.17) is 20.9 Å². The average molecular weight is 378 g/mol. The highest BCUT2D eigenvalue weighted by atomic mass is 19.1. The van der Waals surface area contributed by atoms with Crippen molar-refractivity contribution in [2.75, 3.05) is 24.9 Å². The first-order chi connectivity index (χ1) is 12.7. The molecule has 0 fully saturated rings. The van der Waals surface area contributed by atoms with Crippen molar-refractivity contribution in [3.63, 3.8) is 0 Å². The first-order valence-corrected chi connectivity index (χ1v) is 8.14. The number of carbonyl (C=O) groups is 1. The maximum atomic E-state index is 14.3. The molecule has 0 spiro atoms. The third-order valence-electron chi connectivity index (χ3n) is 3.85. The Morgan fingerprint density at radius 3 is 2.19 bits per heavy atom. The molecule has 0 unspecified atom stereocenters. The molecular weight excluding hydrogens is 355 g/mol. The molecule has 10 heteroatoms. The molecule has 0 bridgehead atoms. The lowest BCUT2D eigenvalue weighted by atomic mass is 10.1. The minimum atomic E-state index is -0.830. The molecule has 0 aliphatic carbocycles. The van der Waals surface area contributed by atoms with Crippen LogP contribution in [0.2, 0.25) is 0 Å². The lowest BCUT2D eigenvalue weighted by Crippen LogP contribution is -2.35. The SMILES string of the molecule is COc1cc(Nc2nc(N[C@@H](C)[C@@H](C)N)c(F)cc2C(N)=O)cc(OC)n1. The predicted octanol–water partition coefficient (Wildman–Crippen LogP) is 1.62. The Balaban J connectivity index is 2.46. The van der Waals surface area contributed by atoms with E-state index < -0.39 is 11.7 Å². The van der Waals surface area contributed by atoms with Gasteiger partial charge in [-0.2, -0.15) is 4.98 Å². The molecule has 0 aliphatic heterocycles. The number of ether oxygens (including phenoxy) is 2. The molecule has 1 amide bonds. The van der Waals surface area contributed by atoms with Gasteiger partial charge in [-0.25, -0.2) is 9.37 Å². The third-order valence-corrected chi connectivity index (χ3v) is 3.85. The maximum absolute atomic E-state index is 14.3. The molecular formula is C17H23FN6O3. The van der Waals surface area contributed by atoms with E-state index >= 15 is 0 Å². The molecule has 2 atom stereocenters. The second-order valence-corrected chi connectivity index (χ2v) is 5.94. The number of aromatic nitrogens is 2. The topological polar surface area (TPSA) is 137 Å². The van der Waals surface area contributed by atoms with Gasteiger partial charge in [-0.3, -0.25) is 4.79 Å². The van der Waals surface area contributed by atoms with Crippen molar-refractivity contribution in [3.8, 4) is 11.8 Å².